The van der Waals surface area contributed by atoms with Crippen molar-refractivity contribution >= 4 is 5.97 Å². The monoisotopic (exact) mass is 272 g/mol. The van der Waals surface area contributed by atoms with Crippen molar-refractivity contribution in [1.82, 2.24) is 0 Å². The van der Waals surface area contributed by atoms with Crippen molar-refractivity contribution in [3.63, 3.8) is 0 Å². The molecular weight excluding hydrogens is 248 g/mol. The SMILES string of the molecule is C=CC/C=C/C(C)CC(C)OC(=O)Cc1ccccc1. The van der Waals surface area contributed by atoms with Crippen molar-refractivity contribution in [2.75, 3.05) is 0 Å². The predicted octanol–water partition coefficient (Wildman–Crippen LogP) is 4.32. The van der Waals surface area contributed by atoms with Crippen LogP contribution in [0.25, 0.3) is 0 Å². The number of hydrogen-bond acceptors (Lipinski definition) is 2. The second-order valence-electron chi connectivity index (χ2n) is 5.13. The van der Waals surface area contributed by atoms with Crippen LogP contribution in [0, 0.1) is 5.92 Å². The standard InChI is InChI=1S/C18H24O2/c1-4-5-7-10-15(2)13-16(3)20-18(19)14-17-11-8-6-9-12-17/h4,6-12,15-16H,1,5,13-14H2,2-3H3/b10-7+. The largest absolute Gasteiger partial charge is 0.462 e. The van der Waals surface area contributed by atoms with E-state index in [0.29, 0.717) is 12.3 Å². The second-order valence-corrected chi connectivity index (χ2v) is 5.13. The molecule has 0 fully saturated rings. The van der Waals surface area contributed by atoms with E-state index in [2.05, 4.69) is 25.7 Å². The van der Waals surface area contributed by atoms with Crippen molar-refractivity contribution in [1.29, 1.82) is 0 Å². The Labute approximate surface area is 122 Å². The van der Waals surface area contributed by atoms with Gasteiger partial charge in [0.1, 0.15) is 0 Å². The third kappa shape index (κ3) is 6.93. The zero-order chi connectivity index (χ0) is 14.8. The molecule has 0 spiro atoms. The van der Waals surface area contributed by atoms with Crippen molar-refractivity contribution in [3.8, 4) is 0 Å². The van der Waals surface area contributed by atoms with Gasteiger partial charge in [-0.3, -0.25) is 4.79 Å². The molecule has 0 saturated carbocycles. The molecular formula is C18H24O2. The Kier molecular flexibility index (Phi) is 7.41. The normalized spacial score (nSPS) is 13.9. The molecule has 2 unspecified atom stereocenters. The number of ether oxygens (including phenoxy) is 1. The number of esters is 1. The van der Waals surface area contributed by atoms with E-state index in [0.717, 1.165) is 18.4 Å². The summed E-state index contributed by atoms with van der Waals surface area (Å²) < 4.78 is 5.44. The van der Waals surface area contributed by atoms with Crippen LogP contribution in [-0.2, 0) is 16.0 Å². The lowest BCUT2D eigenvalue weighted by molar-refractivity contribution is -0.147. The summed E-state index contributed by atoms with van der Waals surface area (Å²) in [6.07, 6.45) is 8.10. The maximum absolute atomic E-state index is 11.8. The molecule has 108 valence electrons. The van der Waals surface area contributed by atoms with Crippen molar-refractivity contribution in [2.45, 2.75) is 39.2 Å². The molecule has 0 aliphatic rings. The minimum Gasteiger partial charge on any atom is -0.462 e. The number of carbonyl (C=O) groups is 1. The average molecular weight is 272 g/mol. The summed E-state index contributed by atoms with van der Waals surface area (Å²) in [7, 11) is 0. The molecule has 2 nitrogen and oxygen atoms in total. The average Bonchev–Trinajstić information content (AvgIpc) is 2.39. The van der Waals surface area contributed by atoms with Gasteiger partial charge in [-0.1, -0.05) is 55.5 Å². The molecule has 0 aromatic heterocycles. The molecule has 0 heterocycles. The van der Waals surface area contributed by atoms with Gasteiger partial charge in [-0.2, -0.15) is 0 Å². The molecule has 0 saturated heterocycles. The van der Waals surface area contributed by atoms with Crippen LogP contribution in [0.4, 0.5) is 0 Å². The lowest BCUT2D eigenvalue weighted by Crippen LogP contribution is -2.18. The Morgan fingerprint density at radius 1 is 1.30 bits per heavy atom. The Balaban J connectivity index is 2.32. The third-order valence-electron chi connectivity index (χ3n) is 2.99. The Hall–Kier alpha value is -1.83. The fraction of sp³-hybridized carbons (Fsp3) is 0.389. The molecule has 1 aromatic rings. The third-order valence-corrected chi connectivity index (χ3v) is 2.99. The molecule has 20 heavy (non-hydrogen) atoms. The molecule has 0 amide bonds. The second kappa shape index (κ2) is 9.13. The van der Waals surface area contributed by atoms with E-state index in [1.807, 2.05) is 43.3 Å². The summed E-state index contributed by atoms with van der Waals surface area (Å²) in [6.45, 7) is 7.75. The van der Waals surface area contributed by atoms with Crippen LogP contribution in [0.3, 0.4) is 0 Å². The van der Waals surface area contributed by atoms with Gasteiger partial charge in [0.05, 0.1) is 12.5 Å². The first-order valence-corrected chi connectivity index (χ1v) is 7.12. The van der Waals surface area contributed by atoms with E-state index in [1.165, 1.54) is 0 Å². The minimum absolute atomic E-state index is 0.0606. The zero-order valence-electron chi connectivity index (χ0n) is 12.4. The zero-order valence-corrected chi connectivity index (χ0v) is 12.4. The molecule has 0 bridgehead atoms. The highest BCUT2D eigenvalue weighted by atomic mass is 16.5. The van der Waals surface area contributed by atoms with Crippen LogP contribution in [0.15, 0.2) is 55.1 Å². The summed E-state index contributed by atoms with van der Waals surface area (Å²) in [4.78, 5) is 11.8. The van der Waals surface area contributed by atoms with Crippen LogP contribution in [0.2, 0.25) is 0 Å². The maximum Gasteiger partial charge on any atom is 0.310 e. The molecule has 2 atom stereocenters. The molecule has 1 aromatic carbocycles. The van der Waals surface area contributed by atoms with Crippen LogP contribution in [0.5, 0.6) is 0 Å². The number of allylic oxidation sites excluding steroid dienone is 3. The molecule has 0 aliphatic heterocycles. The van der Waals surface area contributed by atoms with Crippen molar-refractivity contribution < 1.29 is 9.53 Å². The van der Waals surface area contributed by atoms with E-state index >= 15 is 0 Å². The highest BCUT2D eigenvalue weighted by Gasteiger charge is 2.12. The van der Waals surface area contributed by atoms with Gasteiger partial charge in [0.25, 0.3) is 0 Å². The summed E-state index contributed by atoms with van der Waals surface area (Å²) in [5.41, 5.74) is 0.989. The van der Waals surface area contributed by atoms with Gasteiger partial charge in [0, 0.05) is 0 Å². The molecule has 0 radical (unpaired) electrons. The van der Waals surface area contributed by atoms with Crippen LogP contribution < -0.4 is 0 Å². The topological polar surface area (TPSA) is 26.3 Å². The van der Waals surface area contributed by atoms with Crippen molar-refractivity contribution in [3.05, 3.63) is 60.7 Å². The first-order chi connectivity index (χ1) is 9.61. The van der Waals surface area contributed by atoms with Crippen LogP contribution in [0.1, 0.15) is 32.3 Å². The molecule has 1 rings (SSSR count). The summed E-state index contributed by atoms with van der Waals surface area (Å²) in [5, 5.41) is 0. The quantitative estimate of drug-likeness (QED) is 0.520. The minimum atomic E-state index is -0.161. The molecule has 0 aliphatic carbocycles. The Bertz CT molecular complexity index is 434. The van der Waals surface area contributed by atoms with E-state index in [1.54, 1.807) is 0 Å². The van der Waals surface area contributed by atoms with E-state index in [9.17, 15) is 4.79 Å². The number of rotatable bonds is 8. The maximum atomic E-state index is 11.8. The van der Waals surface area contributed by atoms with Gasteiger partial charge >= 0.3 is 5.97 Å². The highest BCUT2D eigenvalue weighted by molar-refractivity contribution is 5.72. The summed E-state index contributed by atoms with van der Waals surface area (Å²) in [6, 6.07) is 9.67. The van der Waals surface area contributed by atoms with Gasteiger partial charge in [-0.15, -0.1) is 6.58 Å². The first kappa shape index (κ1) is 16.2. The van der Waals surface area contributed by atoms with Gasteiger partial charge in [-0.05, 0) is 31.2 Å². The molecule has 2 heteroatoms. The van der Waals surface area contributed by atoms with Crippen LogP contribution >= 0.6 is 0 Å². The lowest BCUT2D eigenvalue weighted by atomic mass is 10.0. The number of hydrogen-bond donors (Lipinski definition) is 0. The smallest absolute Gasteiger partial charge is 0.310 e. The Morgan fingerprint density at radius 3 is 2.65 bits per heavy atom. The van der Waals surface area contributed by atoms with Gasteiger partial charge in [0.15, 0.2) is 0 Å². The summed E-state index contributed by atoms with van der Waals surface area (Å²) >= 11 is 0. The van der Waals surface area contributed by atoms with Gasteiger partial charge in [-0.25, -0.2) is 0 Å². The Morgan fingerprint density at radius 2 is 2.00 bits per heavy atom. The van der Waals surface area contributed by atoms with E-state index in [4.69, 9.17) is 4.74 Å². The fourth-order valence-corrected chi connectivity index (χ4v) is 2.09. The number of benzene rings is 1. The summed E-state index contributed by atoms with van der Waals surface area (Å²) in [5.74, 6) is 0.237. The van der Waals surface area contributed by atoms with Gasteiger partial charge in [0.2, 0.25) is 0 Å². The van der Waals surface area contributed by atoms with E-state index < -0.39 is 0 Å². The first-order valence-electron chi connectivity index (χ1n) is 7.12. The lowest BCUT2D eigenvalue weighted by Gasteiger charge is -2.16. The predicted molar refractivity (Wildman–Crippen MR) is 83.4 cm³/mol. The number of carbonyl (C=O) groups excluding carboxylic acids is 1. The van der Waals surface area contributed by atoms with Gasteiger partial charge < -0.3 is 4.74 Å². The fourth-order valence-electron chi connectivity index (χ4n) is 2.09. The van der Waals surface area contributed by atoms with Crippen molar-refractivity contribution in [2.24, 2.45) is 5.92 Å². The highest BCUT2D eigenvalue weighted by Crippen LogP contribution is 2.12. The van der Waals surface area contributed by atoms with Crippen LogP contribution in [-0.4, -0.2) is 12.1 Å². The van der Waals surface area contributed by atoms with E-state index in [-0.39, 0.29) is 12.1 Å². The molecule has 0 N–H and O–H groups in total.